The molecule has 2 aromatic heterocycles. The van der Waals surface area contributed by atoms with Crippen LogP contribution in [0.25, 0.3) is 10.9 Å². The van der Waals surface area contributed by atoms with E-state index in [0.717, 1.165) is 12.1 Å². The second-order valence-corrected chi connectivity index (χ2v) is 6.68. The number of nitrogens with zero attached hydrogens (tertiary/aromatic N) is 4. The van der Waals surface area contributed by atoms with Crippen LogP contribution in [0.2, 0.25) is 0 Å². The van der Waals surface area contributed by atoms with Crippen LogP contribution in [-0.2, 0) is 23.9 Å². The van der Waals surface area contributed by atoms with Gasteiger partial charge < -0.3 is 5.32 Å². The third kappa shape index (κ3) is 4.52. The van der Waals surface area contributed by atoms with E-state index in [2.05, 4.69) is 25.7 Å². The standard InChI is InChI=1S/C19H13F5N6O/c20-13-3-1-11(6-14(13)21)9-30-25-8-16(29-30)26-17(31)7-10-2-4-15-12(5-10)18(28-27-15)19(22,23)24/h1-6,8H,7,9H2,(H,27,28)(H,26,29,31). The molecule has 0 radical (unpaired) electrons. The number of hydrogen-bond donors (Lipinski definition) is 2. The fourth-order valence-electron chi connectivity index (χ4n) is 2.99. The molecule has 7 nitrogen and oxygen atoms in total. The number of anilines is 1. The smallest absolute Gasteiger partial charge is 0.308 e. The van der Waals surface area contributed by atoms with Crippen molar-refractivity contribution in [1.82, 2.24) is 25.2 Å². The predicted molar refractivity (Wildman–Crippen MR) is 98.9 cm³/mol. The van der Waals surface area contributed by atoms with Gasteiger partial charge in [0.25, 0.3) is 0 Å². The Bertz CT molecular complexity index is 1260. The molecule has 0 aliphatic rings. The van der Waals surface area contributed by atoms with Crippen molar-refractivity contribution in [3.05, 3.63) is 71.1 Å². The van der Waals surface area contributed by atoms with Crippen LogP contribution in [0, 0.1) is 11.6 Å². The number of carbonyl (C=O) groups excluding carboxylic acids is 1. The number of aromatic nitrogens is 5. The average molecular weight is 436 g/mol. The molecule has 4 aromatic rings. The Morgan fingerprint density at radius 1 is 1.06 bits per heavy atom. The molecule has 0 aliphatic heterocycles. The minimum atomic E-state index is -4.62. The van der Waals surface area contributed by atoms with E-state index in [1.165, 1.54) is 35.3 Å². The lowest BCUT2D eigenvalue weighted by Crippen LogP contribution is -2.15. The zero-order valence-electron chi connectivity index (χ0n) is 15.5. The lowest BCUT2D eigenvalue weighted by molar-refractivity contribution is -0.139. The first-order valence-electron chi connectivity index (χ1n) is 8.87. The number of carbonyl (C=O) groups is 1. The summed E-state index contributed by atoms with van der Waals surface area (Å²) in [6.07, 6.45) is -3.56. The summed E-state index contributed by atoms with van der Waals surface area (Å²) in [7, 11) is 0. The molecule has 0 bridgehead atoms. The van der Waals surface area contributed by atoms with Gasteiger partial charge in [0.2, 0.25) is 5.91 Å². The highest BCUT2D eigenvalue weighted by Gasteiger charge is 2.35. The van der Waals surface area contributed by atoms with E-state index in [1.54, 1.807) is 0 Å². The molecule has 0 saturated carbocycles. The topological polar surface area (TPSA) is 88.5 Å². The largest absolute Gasteiger partial charge is 0.435 e. The molecule has 2 N–H and O–H groups in total. The molecular weight excluding hydrogens is 423 g/mol. The van der Waals surface area contributed by atoms with E-state index in [1.807, 2.05) is 0 Å². The number of amides is 1. The SMILES string of the molecule is O=C(Cc1ccc2[nH]nc(C(F)(F)F)c2c1)Nc1cnn(Cc2ccc(F)c(F)c2)n1. The Hall–Kier alpha value is -3.83. The van der Waals surface area contributed by atoms with E-state index < -0.39 is 29.4 Å². The summed E-state index contributed by atoms with van der Waals surface area (Å²) < 4.78 is 65.3. The minimum absolute atomic E-state index is 0.0461. The first kappa shape index (κ1) is 20.4. The number of benzene rings is 2. The van der Waals surface area contributed by atoms with Crippen LogP contribution < -0.4 is 5.32 Å². The van der Waals surface area contributed by atoms with Crippen molar-refractivity contribution in [1.29, 1.82) is 0 Å². The lowest BCUT2D eigenvalue weighted by atomic mass is 10.1. The van der Waals surface area contributed by atoms with Gasteiger partial charge in [-0.2, -0.15) is 28.2 Å². The summed E-state index contributed by atoms with van der Waals surface area (Å²) in [5, 5.41) is 15.9. The number of rotatable bonds is 5. The molecule has 31 heavy (non-hydrogen) atoms. The number of halogens is 5. The van der Waals surface area contributed by atoms with Crippen LogP contribution in [0.4, 0.5) is 27.8 Å². The van der Waals surface area contributed by atoms with Crippen LogP contribution in [0.3, 0.4) is 0 Å². The lowest BCUT2D eigenvalue weighted by Gasteiger charge is -2.05. The quantitative estimate of drug-likeness (QED) is 0.467. The zero-order valence-corrected chi connectivity index (χ0v) is 15.5. The number of H-pyrrole nitrogens is 1. The fourth-order valence-corrected chi connectivity index (χ4v) is 2.99. The van der Waals surface area contributed by atoms with Crippen LogP contribution in [0.15, 0.2) is 42.6 Å². The number of nitrogens with one attached hydrogen (secondary N) is 2. The van der Waals surface area contributed by atoms with Gasteiger partial charge in [-0.25, -0.2) is 8.78 Å². The third-order valence-corrected chi connectivity index (χ3v) is 4.37. The van der Waals surface area contributed by atoms with Crippen molar-refractivity contribution >= 4 is 22.6 Å². The van der Waals surface area contributed by atoms with Crippen molar-refractivity contribution < 1.29 is 26.7 Å². The van der Waals surface area contributed by atoms with Gasteiger partial charge in [0.1, 0.15) is 0 Å². The van der Waals surface area contributed by atoms with Crippen LogP contribution in [-0.4, -0.2) is 31.1 Å². The number of alkyl halides is 3. The van der Waals surface area contributed by atoms with Gasteiger partial charge in [-0.1, -0.05) is 12.1 Å². The molecule has 0 atom stereocenters. The molecule has 0 saturated heterocycles. The summed E-state index contributed by atoms with van der Waals surface area (Å²) in [4.78, 5) is 13.4. The van der Waals surface area contributed by atoms with Crippen molar-refractivity contribution in [3.8, 4) is 0 Å². The molecule has 1 amide bonds. The summed E-state index contributed by atoms with van der Waals surface area (Å²) in [5.41, 5.74) is -0.0751. The average Bonchev–Trinajstić information content (AvgIpc) is 3.31. The number of hydrogen-bond acceptors (Lipinski definition) is 4. The van der Waals surface area contributed by atoms with Gasteiger partial charge in [0, 0.05) is 5.39 Å². The first-order chi connectivity index (χ1) is 14.7. The Labute approximate surface area is 170 Å². The highest BCUT2D eigenvalue weighted by atomic mass is 19.4. The van der Waals surface area contributed by atoms with E-state index in [0.29, 0.717) is 11.1 Å². The highest BCUT2D eigenvalue weighted by molar-refractivity contribution is 5.92. The second-order valence-electron chi connectivity index (χ2n) is 6.68. The Morgan fingerprint density at radius 3 is 2.58 bits per heavy atom. The molecule has 0 aliphatic carbocycles. The Kier molecular flexibility index (Phi) is 5.13. The van der Waals surface area contributed by atoms with Crippen molar-refractivity contribution in [2.45, 2.75) is 19.1 Å². The molecule has 0 unspecified atom stereocenters. The van der Waals surface area contributed by atoms with Crippen LogP contribution in [0.1, 0.15) is 16.8 Å². The summed E-state index contributed by atoms with van der Waals surface area (Å²) in [5.74, 6) is -2.38. The molecule has 2 aromatic carbocycles. The maximum Gasteiger partial charge on any atom is 0.435 e. The highest BCUT2D eigenvalue weighted by Crippen LogP contribution is 2.33. The number of aromatic amines is 1. The molecule has 12 heteroatoms. The Morgan fingerprint density at radius 2 is 1.84 bits per heavy atom. The van der Waals surface area contributed by atoms with E-state index in [4.69, 9.17) is 0 Å². The van der Waals surface area contributed by atoms with Gasteiger partial charge >= 0.3 is 6.18 Å². The minimum Gasteiger partial charge on any atom is -0.308 e. The molecule has 2 heterocycles. The monoisotopic (exact) mass is 436 g/mol. The van der Waals surface area contributed by atoms with E-state index in [-0.39, 0.29) is 29.7 Å². The first-order valence-corrected chi connectivity index (χ1v) is 8.87. The maximum absolute atomic E-state index is 13.3. The molecule has 4 rings (SSSR count). The van der Waals surface area contributed by atoms with Crippen molar-refractivity contribution in [2.75, 3.05) is 5.32 Å². The van der Waals surface area contributed by atoms with E-state index in [9.17, 15) is 26.7 Å². The van der Waals surface area contributed by atoms with E-state index >= 15 is 0 Å². The fraction of sp³-hybridized carbons (Fsp3) is 0.158. The Balaban J connectivity index is 1.43. The van der Waals surface area contributed by atoms with Gasteiger partial charge in [-0.05, 0) is 35.4 Å². The predicted octanol–water partition coefficient (Wildman–Crippen LogP) is 3.68. The third-order valence-electron chi connectivity index (χ3n) is 4.37. The summed E-state index contributed by atoms with van der Waals surface area (Å²) in [6.45, 7) is 0.0461. The zero-order chi connectivity index (χ0) is 22.2. The normalized spacial score (nSPS) is 11.8. The van der Waals surface area contributed by atoms with Gasteiger partial charge in [0.15, 0.2) is 23.1 Å². The maximum atomic E-state index is 13.3. The van der Waals surface area contributed by atoms with Crippen LogP contribution >= 0.6 is 0 Å². The molecular formula is C19H13F5N6O. The second kappa shape index (κ2) is 7.78. The molecule has 160 valence electrons. The van der Waals surface area contributed by atoms with Crippen LogP contribution in [0.5, 0.6) is 0 Å². The van der Waals surface area contributed by atoms with Crippen molar-refractivity contribution in [2.24, 2.45) is 0 Å². The summed E-state index contributed by atoms with van der Waals surface area (Å²) in [6, 6.07) is 7.55. The van der Waals surface area contributed by atoms with Gasteiger partial charge in [0.05, 0.1) is 24.7 Å². The van der Waals surface area contributed by atoms with Gasteiger partial charge in [-0.15, -0.1) is 5.10 Å². The van der Waals surface area contributed by atoms with Crippen molar-refractivity contribution in [3.63, 3.8) is 0 Å². The molecule has 0 fully saturated rings. The summed E-state index contributed by atoms with van der Waals surface area (Å²) >= 11 is 0. The molecule has 0 spiro atoms. The number of fused-ring (bicyclic) bond motifs is 1. The van der Waals surface area contributed by atoms with Gasteiger partial charge in [-0.3, -0.25) is 9.89 Å².